The zero-order valence-electron chi connectivity index (χ0n) is 17.4. The molecule has 4 rings (SSSR count). The van der Waals surface area contributed by atoms with Crippen LogP contribution in [0.2, 0.25) is 0 Å². The molecule has 0 aliphatic rings. The van der Waals surface area contributed by atoms with Crippen LogP contribution >= 0.6 is 11.3 Å². The van der Waals surface area contributed by atoms with Crippen molar-refractivity contribution in [3.05, 3.63) is 81.6 Å². The number of ether oxygens (including phenoxy) is 1. The second-order valence-electron chi connectivity index (χ2n) is 7.32. The topological polar surface area (TPSA) is 64.1 Å². The van der Waals surface area contributed by atoms with Gasteiger partial charge in [-0.15, -0.1) is 11.3 Å². The van der Waals surface area contributed by atoms with Crippen molar-refractivity contribution in [2.24, 2.45) is 0 Å². The predicted octanol–water partition coefficient (Wildman–Crippen LogP) is 5.76. The summed E-state index contributed by atoms with van der Waals surface area (Å²) in [6, 6.07) is 15.7. The second kappa shape index (κ2) is 8.24. The Kier molecular flexibility index (Phi) is 5.50. The van der Waals surface area contributed by atoms with E-state index < -0.39 is 0 Å². The normalized spacial score (nSPS) is 10.9. The van der Waals surface area contributed by atoms with Gasteiger partial charge in [-0.1, -0.05) is 36.4 Å². The number of nitrogens with one attached hydrogen (secondary N) is 1. The van der Waals surface area contributed by atoms with Gasteiger partial charge in [0.1, 0.15) is 23.0 Å². The Morgan fingerprint density at radius 2 is 1.80 bits per heavy atom. The number of rotatable bonds is 5. The number of thiophene rings is 1. The molecule has 0 spiro atoms. The average Bonchev–Trinajstić information content (AvgIpc) is 3.05. The third kappa shape index (κ3) is 4.04. The monoisotopic (exact) mass is 417 g/mol. The highest BCUT2D eigenvalue weighted by Crippen LogP contribution is 2.33. The fourth-order valence-corrected chi connectivity index (χ4v) is 4.63. The van der Waals surface area contributed by atoms with Gasteiger partial charge in [0.05, 0.1) is 10.6 Å². The molecule has 5 nitrogen and oxygen atoms in total. The van der Waals surface area contributed by atoms with E-state index in [-0.39, 0.29) is 5.91 Å². The zero-order valence-corrected chi connectivity index (χ0v) is 18.3. The van der Waals surface area contributed by atoms with Crippen LogP contribution in [0.3, 0.4) is 0 Å². The van der Waals surface area contributed by atoms with E-state index in [1.54, 1.807) is 0 Å². The standard InChI is InChI=1S/C24H23N3O2S/c1-14-10-11-19(20(12-14)29-13-18-8-6-5-7-9-18)27-23(28)22-15(2)21-16(3)25-17(4)26-24(21)30-22/h5-12H,13H2,1-4H3,(H,27,28). The van der Waals surface area contributed by atoms with Crippen molar-refractivity contribution in [2.45, 2.75) is 34.3 Å². The van der Waals surface area contributed by atoms with Gasteiger partial charge in [-0.3, -0.25) is 4.79 Å². The molecule has 1 amide bonds. The predicted molar refractivity (Wildman–Crippen MR) is 122 cm³/mol. The van der Waals surface area contributed by atoms with E-state index in [1.807, 2.05) is 76.2 Å². The van der Waals surface area contributed by atoms with Crippen LogP contribution in [0.5, 0.6) is 5.75 Å². The molecule has 2 aromatic heterocycles. The van der Waals surface area contributed by atoms with Gasteiger partial charge in [-0.25, -0.2) is 9.97 Å². The van der Waals surface area contributed by atoms with Gasteiger partial charge in [-0.2, -0.15) is 0 Å². The molecule has 152 valence electrons. The van der Waals surface area contributed by atoms with Crippen LogP contribution in [-0.4, -0.2) is 15.9 Å². The SMILES string of the molecule is Cc1ccc(NC(=O)c2sc3nc(C)nc(C)c3c2C)c(OCc2ccccc2)c1. The number of benzene rings is 2. The number of fused-ring (bicyclic) bond motifs is 1. The Balaban J connectivity index is 1.61. The first-order valence-corrected chi connectivity index (χ1v) is 10.6. The molecule has 0 radical (unpaired) electrons. The first-order chi connectivity index (χ1) is 14.4. The summed E-state index contributed by atoms with van der Waals surface area (Å²) in [5, 5.41) is 3.98. The number of carbonyl (C=O) groups excluding carboxylic acids is 1. The number of carbonyl (C=O) groups is 1. The molecule has 1 N–H and O–H groups in total. The van der Waals surface area contributed by atoms with Crippen LogP contribution in [0.4, 0.5) is 5.69 Å². The van der Waals surface area contributed by atoms with E-state index in [4.69, 9.17) is 4.74 Å². The van der Waals surface area contributed by atoms with Crippen molar-refractivity contribution in [1.82, 2.24) is 9.97 Å². The van der Waals surface area contributed by atoms with Gasteiger partial charge < -0.3 is 10.1 Å². The number of hydrogen-bond acceptors (Lipinski definition) is 5. The lowest BCUT2D eigenvalue weighted by atomic mass is 10.1. The van der Waals surface area contributed by atoms with E-state index in [9.17, 15) is 4.79 Å². The molecule has 0 saturated carbocycles. The summed E-state index contributed by atoms with van der Waals surface area (Å²) in [5.41, 5.74) is 4.59. The minimum absolute atomic E-state index is 0.166. The Morgan fingerprint density at radius 1 is 1.03 bits per heavy atom. The summed E-state index contributed by atoms with van der Waals surface area (Å²) in [6.45, 7) is 8.20. The maximum atomic E-state index is 13.1. The largest absolute Gasteiger partial charge is 0.487 e. The number of hydrogen-bond donors (Lipinski definition) is 1. The number of nitrogens with zero attached hydrogens (tertiary/aromatic N) is 2. The summed E-state index contributed by atoms with van der Waals surface area (Å²) in [5.74, 6) is 1.20. The van der Waals surface area contributed by atoms with Crippen LogP contribution in [0, 0.1) is 27.7 Å². The molecule has 6 heteroatoms. The second-order valence-corrected chi connectivity index (χ2v) is 8.32. The zero-order chi connectivity index (χ0) is 21.3. The van der Waals surface area contributed by atoms with Crippen LogP contribution in [-0.2, 0) is 6.61 Å². The van der Waals surface area contributed by atoms with Crippen LogP contribution in [0.15, 0.2) is 48.5 Å². The molecular formula is C24H23N3O2S. The minimum atomic E-state index is -0.166. The third-order valence-corrected chi connectivity index (χ3v) is 6.10. The van der Waals surface area contributed by atoms with Crippen molar-refractivity contribution >= 4 is 33.1 Å². The first kappa shape index (κ1) is 20.0. The lowest BCUT2D eigenvalue weighted by Crippen LogP contribution is -2.12. The fraction of sp³-hybridized carbons (Fsp3) is 0.208. The van der Waals surface area contributed by atoms with E-state index in [1.165, 1.54) is 11.3 Å². The van der Waals surface area contributed by atoms with Gasteiger partial charge in [0.25, 0.3) is 5.91 Å². The lowest BCUT2D eigenvalue weighted by Gasteiger charge is -2.13. The van der Waals surface area contributed by atoms with Crippen molar-refractivity contribution in [3.8, 4) is 5.75 Å². The van der Waals surface area contributed by atoms with E-state index in [0.717, 1.165) is 32.6 Å². The summed E-state index contributed by atoms with van der Waals surface area (Å²) in [4.78, 5) is 23.5. The minimum Gasteiger partial charge on any atom is -0.487 e. The summed E-state index contributed by atoms with van der Waals surface area (Å²) in [7, 11) is 0. The van der Waals surface area contributed by atoms with Crippen molar-refractivity contribution in [3.63, 3.8) is 0 Å². The highest BCUT2D eigenvalue weighted by molar-refractivity contribution is 7.20. The highest BCUT2D eigenvalue weighted by atomic mass is 32.1. The van der Waals surface area contributed by atoms with Crippen LogP contribution < -0.4 is 10.1 Å². The molecule has 30 heavy (non-hydrogen) atoms. The van der Waals surface area contributed by atoms with Gasteiger partial charge in [0.15, 0.2) is 0 Å². The van der Waals surface area contributed by atoms with Crippen LogP contribution in [0.25, 0.3) is 10.2 Å². The molecule has 0 bridgehead atoms. The molecule has 0 unspecified atom stereocenters. The van der Waals surface area contributed by atoms with Gasteiger partial charge in [0.2, 0.25) is 0 Å². The Labute approximate surface area is 179 Å². The van der Waals surface area contributed by atoms with Crippen molar-refractivity contribution in [2.75, 3.05) is 5.32 Å². The third-order valence-electron chi connectivity index (χ3n) is 4.91. The molecule has 0 atom stereocenters. The quantitative estimate of drug-likeness (QED) is 0.449. The Bertz CT molecular complexity index is 1230. The molecule has 0 aliphatic carbocycles. The Morgan fingerprint density at radius 3 is 2.57 bits per heavy atom. The molecule has 2 aromatic carbocycles. The first-order valence-electron chi connectivity index (χ1n) is 9.75. The summed E-state index contributed by atoms with van der Waals surface area (Å²) in [6.07, 6.45) is 0. The number of anilines is 1. The van der Waals surface area contributed by atoms with Gasteiger partial charge in [-0.05, 0) is 56.5 Å². The smallest absolute Gasteiger partial charge is 0.266 e. The number of aryl methyl sites for hydroxylation is 4. The van der Waals surface area contributed by atoms with Crippen molar-refractivity contribution in [1.29, 1.82) is 0 Å². The van der Waals surface area contributed by atoms with E-state index >= 15 is 0 Å². The van der Waals surface area contributed by atoms with Crippen molar-refractivity contribution < 1.29 is 9.53 Å². The van der Waals surface area contributed by atoms with Crippen LogP contribution in [0.1, 0.15) is 37.9 Å². The van der Waals surface area contributed by atoms with E-state index in [2.05, 4.69) is 15.3 Å². The molecule has 2 heterocycles. The highest BCUT2D eigenvalue weighted by Gasteiger charge is 2.20. The lowest BCUT2D eigenvalue weighted by molar-refractivity contribution is 0.102. The maximum Gasteiger partial charge on any atom is 0.266 e. The number of aromatic nitrogens is 2. The average molecular weight is 418 g/mol. The maximum absolute atomic E-state index is 13.1. The number of amides is 1. The molecule has 0 fully saturated rings. The van der Waals surface area contributed by atoms with Gasteiger partial charge >= 0.3 is 0 Å². The van der Waals surface area contributed by atoms with Gasteiger partial charge in [0, 0.05) is 11.1 Å². The summed E-state index contributed by atoms with van der Waals surface area (Å²) >= 11 is 1.39. The molecule has 4 aromatic rings. The molecule has 0 aliphatic heterocycles. The fourth-order valence-electron chi connectivity index (χ4n) is 3.46. The summed E-state index contributed by atoms with van der Waals surface area (Å²) < 4.78 is 6.03. The Hall–Kier alpha value is -3.25. The molecule has 0 saturated heterocycles. The molecular weight excluding hydrogens is 394 g/mol. The van der Waals surface area contributed by atoms with E-state index in [0.29, 0.717) is 28.7 Å².